The van der Waals surface area contributed by atoms with Gasteiger partial charge in [0.2, 0.25) is 6.39 Å². The van der Waals surface area contributed by atoms with Gasteiger partial charge in [0.05, 0.1) is 17.9 Å². The quantitative estimate of drug-likeness (QED) is 0.712. The predicted octanol–water partition coefficient (Wildman–Crippen LogP) is 1.26. The van der Waals surface area contributed by atoms with E-state index in [9.17, 15) is 0 Å². The number of anilines is 2. The van der Waals surface area contributed by atoms with E-state index in [1.165, 1.54) is 6.39 Å². The van der Waals surface area contributed by atoms with Crippen molar-refractivity contribution in [3.63, 3.8) is 0 Å². The van der Waals surface area contributed by atoms with Gasteiger partial charge in [0.25, 0.3) is 0 Å². The molecule has 0 saturated heterocycles. The second-order valence-electron chi connectivity index (χ2n) is 2.79. The van der Waals surface area contributed by atoms with E-state index in [2.05, 4.69) is 20.0 Å². The van der Waals surface area contributed by atoms with Crippen LogP contribution < -0.4 is 11.1 Å². The topological polar surface area (TPSA) is 77.0 Å². The predicted molar refractivity (Wildman–Crippen MR) is 52.5 cm³/mol. The molecule has 5 heteroatoms. The fourth-order valence-electron chi connectivity index (χ4n) is 1.10. The van der Waals surface area contributed by atoms with E-state index in [4.69, 9.17) is 5.73 Å². The van der Waals surface area contributed by atoms with E-state index < -0.39 is 0 Å². The molecule has 3 N–H and O–H groups in total. The molecule has 1 heterocycles. The highest BCUT2D eigenvalue weighted by atomic mass is 16.5. The Labute approximate surface area is 80.9 Å². The van der Waals surface area contributed by atoms with E-state index in [0.29, 0.717) is 18.1 Å². The van der Waals surface area contributed by atoms with Crippen molar-refractivity contribution in [1.82, 2.24) is 10.1 Å². The van der Waals surface area contributed by atoms with Crippen molar-refractivity contribution in [1.29, 1.82) is 0 Å². The molecule has 0 aliphatic carbocycles. The van der Waals surface area contributed by atoms with E-state index in [1.807, 2.05) is 24.3 Å². The summed E-state index contributed by atoms with van der Waals surface area (Å²) in [5, 5.41) is 6.78. The zero-order valence-corrected chi connectivity index (χ0v) is 7.47. The second-order valence-corrected chi connectivity index (χ2v) is 2.79. The first-order valence-electron chi connectivity index (χ1n) is 4.20. The summed E-state index contributed by atoms with van der Waals surface area (Å²) in [5.74, 6) is 0.605. The maximum absolute atomic E-state index is 5.73. The molecule has 72 valence electrons. The molecule has 0 aliphatic rings. The maximum Gasteiger partial charge on any atom is 0.213 e. The van der Waals surface area contributed by atoms with Gasteiger partial charge in [-0.2, -0.15) is 4.98 Å². The van der Waals surface area contributed by atoms with E-state index in [0.717, 1.165) is 5.69 Å². The fourth-order valence-corrected chi connectivity index (χ4v) is 1.10. The maximum atomic E-state index is 5.73. The van der Waals surface area contributed by atoms with Crippen molar-refractivity contribution in [3.05, 3.63) is 36.5 Å². The SMILES string of the molecule is Nc1ccccc1NCc1ncon1. The number of hydrogen-bond acceptors (Lipinski definition) is 5. The lowest BCUT2D eigenvalue weighted by Crippen LogP contribution is -2.03. The molecular weight excluding hydrogens is 180 g/mol. The molecule has 0 unspecified atom stereocenters. The Hall–Kier alpha value is -2.04. The zero-order valence-electron chi connectivity index (χ0n) is 7.47. The van der Waals surface area contributed by atoms with Crippen molar-refractivity contribution in [3.8, 4) is 0 Å². The molecule has 2 aromatic rings. The highest BCUT2D eigenvalue weighted by molar-refractivity contribution is 5.65. The van der Waals surface area contributed by atoms with Crippen molar-refractivity contribution in [2.45, 2.75) is 6.54 Å². The lowest BCUT2D eigenvalue weighted by Gasteiger charge is -2.05. The van der Waals surface area contributed by atoms with Crippen LogP contribution in [0.3, 0.4) is 0 Å². The molecule has 0 bridgehead atoms. The third-order valence-corrected chi connectivity index (χ3v) is 1.80. The second kappa shape index (κ2) is 3.78. The number of nitrogen functional groups attached to an aromatic ring is 1. The number of para-hydroxylation sites is 2. The van der Waals surface area contributed by atoms with Crippen molar-refractivity contribution in [2.75, 3.05) is 11.1 Å². The Balaban J connectivity index is 2.02. The molecule has 0 radical (unpaired) electrons. The molecule has 1 aromatic carbocycles. The standard InChI is InChI=1S/C9H10N4O/c10-7-3-1-2-4-8(7)11-5-9-12-6-14-13-9/h1-4,6,11H,5,10H2. The Kier molecular flexibility index (Phi) is 2.31. The fraction of sp³-hybridized carbons (Fsp3) is 0.111. The van der Waals surface area contributed by atoms with Crippen LogP contribution in [0.1, 0.15) is 5.82 Å². The Morgan fingerprint density at radius 1 is 1.36 bits per heavy atom. The summed E-state index contributed by atoms with van der Waals surface area (Å²) in [6.07, 6.45) is 1.30. The molecule has 0 spiro atoms. The van der Waals surface area contributed by atoms with Gasteiger partial charge < -0.3 is 15.6 Å². The Morgan fingerprint density at radius 2 is 2.21 bits per heavy atom. The van der Waals surface area contributed by atoms with E-state index in [-0.39, 0.29) is 0 Å². The van der Waals surface area contributed by atoms with Gasteiger partial charge in [-0.1, -0.05) is 17.3 Å². The number of nitrogens with two attached hydrogens (primary N) is 1. The average molecular weight is 190 g/mol. The smallest absolute Gasteiger partial charge is 0.213 e. The highest BCUT2D eigenvalue weighted by Crippen LogP contribution is 2.16. The zero-order chi connectivity index (χ0) is 9.80. The average Bonchev–Trinajstić information content (AvgIpc) is 2.69. The van der Waals surface area contributed by atoms with E-state index >= 15 is 0 Å². The van der Waals surface area contributed by atoms with Crippen LogP contribution in [0.25, 0.3) is 0 Å². The summed E-state index contributed by atoms with van der Waals surface area (Å²) in [6.45, 7) is 0.505. The number of hydrogen-bond donors (Lipinski definition) is 2. The lowest BCUT2D eigenvalue weighted by atomic mass is 10.3. The van der Waals surface area contributed by atoms with Crippen LogP contribution in [-0.2, 0) is 6.54 Å². The molecule has 1 aromatic heterocycles. The van der Waals surface area contributed by atoms with Crippen LogP contribution in [0.5, 0.6) is 0 Å². The van der Waals surface area contributed by atoms with Crippen LogP contribution in [0, 0.1) is 0 Å². The summed E-state index contributed by atoms with van der Waals surface area (Å²) in [5.41, 5.74) is 7.31. The van der Waals surface area contributed by atoms with Gasteiger partial charge in [0.15, 0.2) is 5.82 Å². The Morgan fingerprint density at radius 3 is 2.93 bits per heavy atom. The number of nitrogens with zero attached hydrogens (tertiary/aromatic N) is 2. The summed E-state index contributed by atoms with van der Waals surface area (Å²) in [7, 11) is 0. The molecule has 2 rings (SSSR count). The van der Waals surface area contributed by atoms with Crippen LogP contribution in [0.2, 0.25) is 0 Å². The summed E-state index contributed by atoms with van der Waals surface area (Å²) in [4.78, 5) is 3.88. The Bertz CT molecular complexity index is 399. The first kappa shape index (κ1) is 8.55. The monoisotopic (exact) mass is 190 g/mol. The van der Waals surface area contributed by atoms with Crippen molar-refractivity contribution >= 4 is 11.4 Å². The normalized spacial score (nSPS) is 10.0. The third-order valence-electron chi connectivity index (χ3n) is 1.80. The molecular formula is C9H10N4O. The van der Waals surface area contributed by atoms with Gasteiger partial charge >= 0.3 is 0 Å². The van der Waals surface area contributed by atoms with E-state index in [1.54, 1.807) is 0 Å². The van der Waals surface area contributed by atoms with Gasteiger partial charge in [0.1, 0.15) is 0 Å². The first-order chi connectivity index (χ1) is 6.86. The van der Waals surface area contributed by atoms with Crippen LogP contribution >= 0.6 is 0 Å². The van der Waals surface area contributed by atoms with Crippen molar-refractivity contribution < 1.29 is 4.52 Å². The number of aromatic nitrogens is 2. The molecule has 0 amide bonds. The highest BCUT2D eigenvalue weighted by Gasteiger charge is 1.99. The molecule has 0 saturated carbocycles. The van der Waals surface area contributed by atoms with Crippen LogP contribution in [0.4, 0.5) is 11.4 Å². The molecule has 0 aliphatic heterocycles. The number of nitrogens with one attached hydrogen (secondary N) is 1. The summed E-state index contributed by atoms with van der Waals surface area (Å²) >= 11 is 0. The third kappa shape index (κ3) is 1.82. The minimum absolute atomic E-state index is 0.505. The van der Waals surface area contributed by atoms with Gasteiger partial charge in [-0.15, -0.1) is 0 Å². The lowest BCUT2D eigenvalue weighted by molar-refractivity contribution is 0.411. The minimum Gasteiger partial charge on any atom is -0.397 e. The summed E-state index contributed by atoms with van der Waals surface area (Å²) in [6, 6.07) is 7.53. The molecule has 14 heavy (non-hydrogen) atoms. The van der Waals surface area contributed by atoms with Gasteiger partial charge in [0, 0.05) is 0 Å². The van der Waals surface area contributed by atoms with Crippen LogP contribution in [-0.4, -0.2) is 10.1 Å². The van der Waals surface area contributed by atoms with Gasteiger partial charge in [-0.25, -0.2) is 0 Å². The minimum atomic E-state index is 0.505. The largest absolute Gasteiger partial charge is 0.397 e. The van der Waals surface area contributed by atoms with Crippen molar-refractivity contribution in [2.24, 2.45) is 0 Å². The molecule has 0 fully saturated rings. The molecule has 0 atom stereocenters. The van der Waals surface area contributed by atoms with Gasteiger partial charge in [-0.3, -0.25) is 0 Å². The number of benzene rings is 1. The molecule has 5 nitrogen and oxygen atoms in total. The number of rotatable bonds is 3. The first-order valence-corrected chi connectivity index (χ1v) is 4.20. The van der Waals surface area contributed by atoms with Gasteiger partial charge in [-0.05, 0) is 12.1 Å². The summed E-state index contributed by atoms with van der Waals surface area (Å²) < 4.78 is 4.60. The van der Waals surface area contributed by atoms with Crippen LogP contribution in [0.15, 0.2) is 35.2 Å².